The van der Waals surface area contributed by atoms with Gasteiger partial charge in [-0.25, -0.2) is 4.98 Å². The van der Waals surface area contributed by atoms with Crippen LogP contribution in [0.25, 0.3) is 11.0 Å². The van der Waals surface area contributed by atoms with E-state index in [0.717, 1.165) is 11.1 Å². The standard InChI is InChI=1S/C28H30N4O3/c1-18-10-12-20(13-11-18)26(34)31-24-15-14-21-22(16-32(25(21)30-24)28(2,3)4)27(35)29-23(17-33)19-8-6-5-7-9-19/h5-16,23,33H,17H2,1-4H3,(H,29,35)(H,30,31,34). The molecule has 3 N–H and O–H groups in total. The quantitative estimate of drug-likeness (QED) is 0.377. The van der Waals surface area contributed by atoms with Crippen molar-refractivity contribution >= 4 is 28.7 Å². The normalized spacial score (nSPS) is 12.4. The Kier molecular flexibility index (Phi) is 6.71. The third-order valence-corrected chi connectivity index (χ3v) is 5.86. The molecule has 4 rings (SSSR count). The van der Waals surface area contributed by atoms with E-state index in [2.05, 4.69) is 15.6 Å². The van der Waals surface area contributed by atoms with Crippen LogP contribution in [0, 0.1) is 6.92 Å². The number of aryl methyl sites for hydroxylation is 1. The van der Waals surface area contributed by atoms with Gasteiger partial charge < -0.3 is 20.3 Å². The highest BCUT2D eigenvalue weighted by Gasteiger charge is 2.24. The fourth-order valence-corrected chi connectivity index (χ4v) is 3.91. The van der Waals surface area contributed by atoms with Crippen molar-refractivity contribution in [3.8, 4) is 0 Å². The number of carbonyl (C=O) groups is 2. The Hall–Kier alpha value is -3.97. The van der Waals surface area contributed by atoms with Gasteiger partial charge in [-0.15, -0.1) is 0 Å². The Labute approximate surface area is 204 Å². The van der Waals surface area contributed by atoms with Crippen LogP contribution in [0.5, 0.6) is 0 Å². The number of rotatable bonds is 6. The summed E-state index contributed by atoms with van der Waals surface area (Å²) in [6.07, 6.45) is 1.78. The van der Waals surface area contributed by atoms with Gasteiger partial charge >= 0.3 is 0 Å². The van der Waals surface area contributed by atoms with Gasteiger partial charge in [0.25, 0.3) is 11.8 Å². The number of benzene rings is 2. The zero-order valence-corrected chi connectivity index (χ0v) is 20.4. The summed E-state index contributed by atoms with van der Waals surface area (Å²) in [7, 11) is 0. The van der Waals surface area contributed by atoms with Crippen molar-refractivity contribution in [3.05, 3.63) is 95.2 Å². The van der Waals surface area contributed by atoms with Gasteiger partial charge in [0, 0.05) is 22.7 Å². The molecule has 0 bridgehead atoms. The molecule has 2 amide bonds. The molecule has 35 heavy (non-hydrogen) atoms. The van der Waals surface area contributed by atoms with Crippen LogP contribution >= 0.6 is 0 Å². The van der Waals surface area contributed by atoms with E-state index < -0.39 is 6.04 Å². The van der Waals surface area contributed by atoms with E-state index in [1.54, 1.807) is 30.5 Å². The molecular formula is C28H30N4O3. The number of anilines is 1. The molecule has 0 fully saturated rings. The largest absolute Gasteiger partial charge is 0.394 e. The fraction of sp³-hybridized carbons (Fsp3) is 0.250. The van der Waals surface area contributed by atoms with Gasteiger partial charge in [0.05, 0.1) is 18.2 Å². The Morgan fingerprint density at radius 2 is 1.66 bits per heavy atom. The molecule has 2 aromatic heterocycles. The minimum absolute atomic E-state index is 0.221. The van der Waals surface area contributed by atoms with Gasteiger partial charge in [-0.2, -0.15) is 0 Å². The third-order valence-electron chi connectivity index (χ3n) is 5.86. The summed E-state index contributed by atoms with van der Waals surface area (Å²) in [5.41, 5.74) is 3.12. The van der Waals surface area contributed by atoms with Crippen LogP contribution < -0.4 is 10.6 Å². The zero-order chi connectivity index (χ0) is 25.2. The number of nitrogens with one attached hydrogen (secondary N) is 2. The Morgan fingerprint density at radius 3 is 2.29 bits per heavy atom. The molecule has 1 unspecified atom stereocenters. The van der Waals surface area contributed by atoms with Crippen LogP contribution in [0.15, 0.2) is 72.9 Å². The highest BCUT2D eigenvalue weighted by atomic mass is 16.3. The number of pyridine rings is 1. The van der Waals surface area contributed by atoms with Crippen LogP contribution in [-0.2, 0) is 5.54 Å². The maximum absolute atomic E-state index is 13.3. The lowest BCUT2D eigenvalue weighted by molar-refractivity contribution is 0.0917. The highest BCUT2D eigenvalue weighted by Crippen LogP contribution is 2.28. The van der Waals surface area contributed by atoms with Crippen molar-refractivity contribution < 1.29 is 14.7 Å². The van der Waals surface area contributed by atoms with E-state index >= 15 is 0 Å². The molecule has 4 aromatic rings. The Balaban J connectivity index is 1.67. The van der Waals surface area contributed by atoms with Crippen LogP contribution in [0.4, 0.5) is 5.82 Å². The SMILES string of the molecule is Cc1ccc(C(=O)Nc2ccc3c(C(=O)NC(CO)c4ccccc4)cn(C(C)(C)C)c3n2)cc1. The van der Waals surface area contributed by atoms with E-state index in [4.69, 9.17) is 0 Å². The maximum Gasteiger partial charge on any atom is 0.256 e. The Bertz CT molecular complexity index is 1350. The van der Waals surface area contributed by atoms with Crippen molar-refractivity contribution in [2.45, 2.75) is 39.3 Å². The van der Waals surface area contributed by atoms with Crippen molar-refractivity contribution in [2.75, 3.05) is 11.9 Å². The number of hydrogen-bond donors (Lipinski definition) is 3. The summed E-state index contributed by atoms with van der Waals surface area (Å²) in [6, 6.07) is 19.6. The fourth-order valence-electron chi connectivity index (χ4n) is 3.91. The summed E-state index contributed by atoms with van der Waals surface area (Å²) >= 11 is 0. The number of hydrogen-bond acceptors (Lipinski definition) is 4. The molecular weight excluding hydrogens is 440 g/mol. The molecule has 0 spiro atoms. The van der Waals surface area contributed by atoms with Crippen molar-refractivity contribution in [1.29, 1.82) is 0 Å². The second kappa shape index (κ2) is 9.72. The second-order valence-corrected chi connectivity index (χ2v) is 9.59. The van der Waals surface area contributed by atoms with Gasteiger partial charge in [0.1, 0.15) is 11.5 Å². The highest BCUT2D eigenvalue weighted by molar-refractivity contribution is 6.08. The Morgan fingerprint density at radius 1 is 0.971 bits per heavy atom. The lowest BCUT2D eigenvalue weighted by Gasteiger charge is -2.22. The number of nitrogens with zero attached hydrogens (tertiary/aromatic N) is 2. The minimum atomic E-state index is -0.530. The molecule has 2 aromatic carbocycles. The molecule has 2 heterocycles. The number of aliphatic hydroxyl groups excluding tert-OH is 1. The van der Waals surface area contributed by atoms with Gasteiger partial charge in [-0.3, -0.25) is 9.59 Å². The number of aliphatic hydroxyl groups is 1. The molecule has 0 saturated heterocycles. The van der Waals surface area contributed by atoms with Crippen molar-refractivity contribution in [3.63, 3.8) is 0 Å². The van der Waals surface area contributed by atoms with E-state index in [0.29, 0.717) is 28.0 Å². The molecule has 1 atom stereocenters. The molecule has 7 heteroatoms. The van der Waals surface area contributed by atoms with Gasteiger partial charge in [0.2, 0.25) is 0 Å². The molecule has 180 valence electrons. The first-order valence-corrected chi connectivity index (χ1v) is 11.5. The van der Waals surface area contributed by atoms with Gasteiger partial charge in [0.15, 0.2) is 0 Å². The summed E-state index contributed by atoms with van der Waals surface area (Å²) in [6.45, 7) is 7.81. The predicted octanol–water partition coefficient (Wildman–Crippen LogP) is 4.82. The summed E-state index contributed by atoms with van der Waals surface area (Å²) in [4.78, 5) is 30.7. The molecule has 0 aliphatic heterocycles. The first-order chi connectivity index (χ1) is 16.7. The summed E-state index contributed by atoms with van der Waals surface area (Å²) in [5.74, 6) is -0.160. The molecule has 0 aliphatic carbocycles. The average Bonchev–Trinajstić information content (AvgIpc) is 3.23. The lowest BCUT2D eigenvalue weighted by Crippen LogP contribution is -2.30. The number of fused-ring (bicyclic) bond motifs is 1. The smallest absolute Gasteiger partial charge is 0.256 e. The van der Waals surface area contributed by atoms with Crippen LogP contribution in [0.2, 0.25) is 0 Å². The summed E-state index contributed by atoms with van der Waals surface area (Å²) in [5, 5.41) is 16.3. The predicted molar refractivity (Wildman–Crippen MR) is 138 cm³/mol. The minimum Gasteiger partial charge on any atom is -0.394 e. The number of aromatic nitrogens is 2. The van der Waals surface area contributed by atoms with Crippen LogP contribution in [0.1, 0.15) is 58.7 Å². The first-order valence-electron chi connectivity index (χ1n) is 11.5. The molecule has 7 nitrogen and oxygen atoms in total. The van der Waals surface area contributed by atoms with E-state index in [9.17, 15) is 14.7 Å². The van der Waals surface area contributed by atoms with Crippen molar-refractivity contribution in [2.24, 2.45) is 0 Å². The zero-order valence-electron chi connectivity index (χ0n) is 20.4. The molecule has 0 radical (unpaired) electrons. The van der Waals surface area contributed by atoms with Gasteiger partial charge in [-0.1, -0.05) is 48.0 Å². The summed E-state index contributed by atoms with van der Waals surface area (Å²) < 4.78 is 1.93. The van der Waals surface area contributed by atoms with Gasteiger partial charge in [-0.05, 0) is 57.5 Å². The lowest BCUT2D eigenvalue weighted by atomic mass is 10.1. The van der Waals surface area contributed by atoms with E-state index in [1.165, 1.54) is 0 Å². The number of amides is 2. The average molecular weight is 471 g/mol. The second-order valence-electron chi connectivity index (χ2n) is 9.59. The maximum atomic E-state index is 13.3. The topological polar surface area (TPSA) is 96.3 Å². The van der Waals surface area contributed by atoms with Crippen LogP contribution in [0.3, 0.4) is 0 Å². The van der Waals surface area contributed by atoms with Crippen LogP contribution in [-0.4, -0.2) is 33.1 Å². The van der Waals surface area contributed by atoms with E-state index in [1.807, 2.05) is 74.7 Å². The third kappa shape index (κ3) is 5.25. The van der Waals surface area contributed by atoms with E-state index in [-0.39, 0.29) is 24.0 Å². The number of carbonyl (C=O) groups excluding carboxylic acids is 2. The molecule has 0 aliphatic rings. The van der Waals surface area contributed by atoms with Crippen molar-refractivity contribution in [1.82, 2.24) is 14.9 Å². The monoisotopic (exact) mass is 470 g/mol. The molecule has 0 saturated carbocycles. The first kappa shape index (κ1) is 24.2.